The van der Waals surface area contributed by atoms with E-state index in [0.717, 1.165) is 43.4 Å². The highest BCUT2D eigenvalue weighted by Crippen LogP contribution is 2.35. The number of methoxy groups -OCH3 is 1. The van der Waals surface area contributed by atoms with Gasteiger partial charge in [0.1, 0.15) is 5.00 Å². The number of carbonyl (C=O) groups excluding carboxylic acids is 3. The van der Waals surface area contributed by atoms with Crippen LogP contribution in [0.25, 0.3) is 0 Å². The predicted molar refractivity (Wildman–Crippen MR) is 115 cm³/mol. The molecule has 0 unspecified atom stereocenters. The van der Waals surface area contributed by atoms with Crippen molar-refractivity contribution < 1.29 is 19.1 Å². The Balaban J connectivity index is 1.85. The minimum absolute atomic E-state index is 0.0667. The number of nitrogens with one attached hydrogen (secondary N) is 2. The van der Waals surface area contributed by atoms with Crippen LogP contribution in [0.1, 0.15) is 57.7 Å². The maximum absolute atomic E-state index is 12.8. The lowest BCUT2D eigenvalue weighted by Crippen LogP contribution is -2.25. The molecule has 0 radical (unpaired) electrons. The van der Waals surface area contributed by atoms with Crippen molar-refractivity contribution in [3.8, 4) is 0 Å². The van der Waals surface area contributed by atoms with Crippen LogP contribution < -0.4 is 10.6 Å². The summed E-state index contributed by atoms with van der Waals surface area (Å²) in [7, 11) is 1.28. The van der Waals surface area contributed by atoms with Gasteiger partial charge >= 0.3 is 5.97 Å². The number of halogens is 1. The molecule has 1 saturated carbocycles. The third-order valence-electron chi connectivity index (χ3n) is 5.06. The molecule has 1 aliphatic carbocycles. The molecule has 0 atom stereocenters. The zero-order chi connectivity index (χ0) is 21.0. The number of ether oxygens (including phenoxy) is 1. The van der Waals surface area contributed by atoms with Crippen LogP contribution in [0.5, 0.6) is 0 Å². The van der Waals surface area contributed by atoms with Crippen molar-refractivity contribution in [3.63, 3.8) is 0 Å². The van der Waals surface area contributed by atoms with Crippen LogP contribution in [0.2, 0.25) is 5.02 Å². The first-order chi connectivity index (χ1) is 13.9. The molecule has 0 bridgehead atoms. The van der Waals surface area contributed by atoms with E-state index in [0.29, 0.717) is 26.2 Å². The van der Waals surface area contributed by atoms with Crippen LogP contribution in [0.4, 0.5) is 10.7 Å². The second-order valence-corrected chi connectivity index (χ2v) is 8.49. The number of thiophene rings is 1. The van der Waals surface area contributed by atoms with Gasteiger partial charge in [0.2, 0.25) is 5.91 Å². The van der Waals surface area contributed by atoms with Gasteiger partial charge in [0, 0.05) is 16.6 Å². The topological polar surface area (TPSA) is 84.5 Å². The number of carbonyl (C=O) groups is 3. The van der Waals surface area contributed by atoms with Crippen LogP contribution in [-0.4, -0.2) is 24.9 Å². The summed E-state index contributed by atoms with van der Waals surface area (Å²) in [5, 5.41) is 6.57. The molecule has 1 aromatic heterocycles. The second-order valence-electron chi connectivity index (χ2n) is 7.04. The third kappa shape index (κ3) is 4.97. The van der Waals surface area contributed by atoms with E-state index in [1.54, 1.807) is 31.2 Å². The first-order valence-corrected chi connectivity index (χ1v) is 10.7. The number of benzene rings is 1. The molecular weight excluding hydrogens is 412 g/mol. The van der Waals surface area contributed by atoms with Gasteiger partial charge in [-0.05, 0) is 49.6 Å². The fourth-order valence-electron chi connectivity index (χ4n) is 3.47. The highest BCUT2D eigenvalue weighted by atomic mass is 35.5. The molecule has 0 aliphatic heterocycles. The number of amides is 2. The van der Waals surface area contributed by atoms with Crippen molar-refractivity contribution in [2.75, 3.05) is 17.7 Å². The molecule has 1 heterocycles. The van der Waals surface area contributed by atoms with Crippen molar-refractivity contribution in [3.05, 3.63) is 45.3 Å². The fraction of sp³-hybridized carbons (Fsp3) is 0.381. The van der Waals surface area contributed by atoms with Crippen LogP contribution in [0, 0.1) is 12.8 Å². The molecule has 1 aromatic carbocycles. The Morgan fingerprint density at radius 3 is 2.34 bits per heavy atom. The number of hydrogen-bond donors (Lipinski definition) is 2. The van der Waals surface area contributed by atoms with Gasteiger partial charge in [-0.15, -0.1) is 11.3 Å². The monoisotopic (exact) mass is 434 g/mol. The summed E-state index contributed by atoms with van der Waals surface area (Å²) in [6.45, 7) is 1.68. The Morgan fingerprint density at radius 2 is 1.72 bits per heavy atom. The summed E-state index contributed by atoms with van der Waals surface area (Å²) in [5.74, 6) is -1.12. The average Bonchev–Trinajstić information content (AvgIpc) is 3.05. The highest BCUT2D eigenvalue weighted by molar-refractivity contribution is 7.19. The van der Waals surface area contributed by atoms with E-state index in [1.165, 1.54) is 7.11 Å². The highest BCUT2D eigenvalue weighted by Gasteiger charge is 2.28. The maximum Gasteiger partial charge on any atom is 0.341 e. The fourth-order valence-corrected chi connectivity index (χ4v) is 4.68. The number of rotatable bonds is 5. The molecule has 8 heteroatoms. The van der Waals surface area contributed by atoms with Gasteiger partial charge in [-0.2, -0.15) is 0 Å². The standard InChI is InChI=1S/C21H23ClN2O4S/c1-12-16(21(27)28-2)20(24-18(25)13-6-4-3-5-7-13)29-17(12)19(26)23-15-10-8-14(22)9-11-15/h8-11,13H,3-7H2,1-2H3,(H,23,26)(H,24,25). The zero-order valence-electron chi connectivity index (χ0n) is 16.3. The van der Waals surface area contributed by atoms with Gasteiger partial charge in [-0.3, -0.25) is 9.59 Å². The third-order valence-corrected chi connectivity index (χ3v) is 6.52. The number of esters is 1. The van der Waals surface area contributed by atoms with Crippen molar-refractivity contribution in [2.24, 2.45) is 5.92 Å². The summed E-state index contributed by atoms with van der Waals surface area (Å²) >= 11 is 6.96. The van der Waals surface area contributed by atoms with E-state index in [-0.39, 0.29) is 23.3 Å². The Bertz CT molecular complexity index is 918. The first kappa shape index (κ1) is 21.3. The van der Waals surface area contributed by atoms with E-state index in [9.17, 15) is 14.4 Å². The van der Waals surface area contributed by atoms with Crippen LogP contribution >= 0.6 is 22.9 Å². The molecule has 1 aliphatic rings. The molecule has 0 saturated heterocycles. The van der Waals surface area contributed by atoms with Crippen molar-refractivity contribution in [2.45, 2.75) is 39.0 Å². The molecule has 2 N–H and O–H groups in total. The van der Waals surface area contributed by atoms with Crippen molar-refractivity contribution in [1.29, 1.82) is 0 Å². The van der Waals surface area contributed by atoms with Crippen LogP contribution in [0.3, 0.4) is 0 Å². The zero-order valence-corrected chi connectivity index (χ0v) is 17.9. The molecule has 6 nitrogen and oxygen atoms in total. The Hall–Kier alpha value is -2.38. The summed E-state index contributed by atoms with van der Waals surface area (Å²) < 4.78 is 4.88. The van der Waals surface area contributed by atoms with Gasteiger partial charge in [-0.1, -0.05) is 30.9 Å². The van der Waals surface area contributed by atoms with E-state index >= 15 is 0 Å². The average molecular weight is 435 g/mol. The molecule has 0 spiro atoms. The lowest BCUT2D eigenvalue weighted by Gasteiger charge is -2.20. The maximum atomic E-state index is 12.8. The quantitative estimate of drug-likeness (QED) is 0.628. The van der Waals surface area contributed by atoms with Crippen LogP contribution in [0.15, 0.2) is 24.3 Å². The van der Waals surface area contributed by atoms with Gasteiger partial charge in [0.25, 0.3) is 5.91 Å². The molecule has 3 rings (SSSR count). The van der Waals surface area contributed by atoms with Crippen LogP contribution in [-0.2, 0) is 9.53 Å². The molecule has 29 heavy (non-hydrogen) atoms. The number of anilines is 2. The molecule has 154 valence electrons. The normalized spacial score (nSPS) is 14.3. The largest absolute Gasteiger partial charge is 0.465 e. The van der Waals surface area contributed by atoms with Gasteiger partial charge < -0.3 is 15.4 Å². The summed E-state index contributed by atoms with van der Waals surface area (Å²) in [6, 6.07) is 6.73. The molecular formula is C21H23ClN2O4S. The van der Waals surface area contributed by atoms with Crippen molar-refractivity contribution in [1.82, 2.24) is 0 Å². The first-order valence-electron chi connectivity index (χ1n) is 9.50. The molecule has 1 fully saturated rings. The second kappa shape index (κ2) is 9.41. The smallest absolute Gasteiger partial charge is 0.341 e. The lowest BCUT2D eigenvalue weighted by molar-refractivity contribution is -0.120. The summed E-state index contributed by atoms with van der Waals surface area (Å²) in [4.78, 5) is 38.1. The predicted octanol–water partition coefficient (Wildman–Crippen LogP) is 5.27. The lowest BCUT2D eigenvalue weighted by atomic mass is 9.89. The molecule has 2 amide bonds. The van der Waals surface area contributed by atoms with Gasteiger partial charge in [0.05, 0.1) is 17.6 Å². The summed E-state index contributed by atoms with van der Waals surface area (Å²) in [6.07, 6.45) is 4.88. The van der Waals surface area contributed by atoms with E-state index in [4.69, 9.17) is 16.3 Å². The number of hydrogen-bond acceptors (Lipinski definition) is 5. The Morgan fingerprint density at radius 1 is 1.07 bits per heavy atom. The van der Waals surface area contributed by atoms with E-state index in [2.05, 4.69) is 10.6 Å². The molecule has 2 aromatic rings. The van der Waals surface area contributed by atoms with Gasteiger partial charge in [-0.25, -0.2) is 4.79 Å². The Labute approximate surface area is 178 Å². The minimum atomic E-state index is -0.580. The Kier molecular flexibility index (Phi) is 6.92. The summed E-state index contributed by atoms with van der Waals surface area (Å²) in [5.41, 5.74) is 1.29. The van der Waals surface area contributed by atoms with E-state index < -0.39 is 5.97 Å². The van der Waals surface area contributed by atoms with Crippen molar-refractivity contribution >= 4 is 51.4 Å². The minimum Gasteiger partial charge on any atom is -0.465 e. The SMILES string of the molecule is COC(=O)c1c(NC(=O)C2CCCCC2)sc(C(=O)Nc2ccc(Cl)cc2)c1C. The van der Waals surface area contributed by atoms with E-state index in [1.807, 2.05) is 0 Å². The van der Waals surface area contributed by atoms with Gasteiger partial charge in [0.15, 0.2) is 0 Å².